The predicted octanol–water partition coefficient (Wildman–Crippen LogP) is 16.4. The lowest BCUT2D eigenvalue weighted by Crippen LogP contribution is -2.14. The second kappa shape index (κ2) is 12.9. The Morgan fingerprint density at radius 2 is 0.780 bits per heavy atom. The molecule has 1 aliphatic rings. The lowest BCUT2D eigenvalue weighted by molar-refractivity contribution is 0.660. The maximum Gasteiger partial charge on any atom is 0.0158 e. The van der Waals surface area contributed by atoms with Gasteiger partial charge in [0.15, 0.2) is 0 Å². The van der Waals surface area contributed by atoms with Gasteiger partial charge in [-0.1, -0.05) is 202 Å². The Labute approximate surface area is 344 Å². The van der Waals surface area contributed by atoms with Gasteiger partial charge in [-0.25, -0.2) is 0 Å². The van der Waals surface area contributed by atoms with Crippen molar-refractivity contribution in [3.63, 3.8) is 0 Å². The van der Waals surface area contributed by atoms with Gasteiger partial charge in [0.2, 0.25) is 0 Å². The number of rotatable bonds is 4. The molecule has 1 aliphatic carbocycles. The van der Waals surface area contributed by atoms with E-state index in [2.05, 4.69) is 220 Å². The third kappa shape index (κ3) is 5.09. The molecule has 0 amide bonds. The maximum absolute atomic E-state index is 2.47. The summed E-state index contributed by atoms with van der Waals surface area (Å²) in [4.78, 5) is 0. The predicted molar refractivity (Wildman–Crippen MR) is 253 cm³/mol. The van der Waals surface area contributed by atoms with Crippen LogP contribution >= 0.6 is 0 Å². The van der Waals surface area contributed by atoms with Crippen LogP contribution in [-0.2, 0) is 5.41 Å². The molecule has 12 rings (SSSR count). The van der Waals surface area contributed by atoms with Crippen LogP contribution in [0.4, 0.5) is 0 Å². The Morgan fingerprint density at radius 1 is 0.254 bits per heavy atom. The number of hydrogen-bond donors (Lipinski definition) is 0. The number of hydrogen-bond acceptors (Lipinski definition) is 0. The fourth-order valence-electron chi connectivity index (χ4n) is 10.4. The van der Waals surface area contributed by atoms with E-state index < -0.39 is 0 Å². The highest BCUT2D eigenvalue weighted by molar-refractivity contribution is 6.25. The summed E-state index contributed by atoms with van der Waals surface area (Å²) in [6, 6.07) is 77.2. The monoisotopic (exact) mass is 748 g/mol. The summed E-state index contributed by atoms with van der Waals surface area (Å²) < 4.78 is 0. The Kier molecular flexibility index (Phi) is 7.38. The average molecular weight is 749 g/mol. The van der Waals surface area contributed by atoms with Crippen molar-refractivity contribution in [1.29, 1.82) is 0 Å². The molecule has 0 atom stereocenters. The van der Waals surface area contributed by atoms with E-state index in [9.17, 15) is 0 Å². The first-order valence-electron chi connectivity index (χ1n) is 20.8. The highest BCUT2D eigenvalue weighted by Crippen LogP contribution is 2.52. The zero-order chi connectivity index (χ0) is 39.2. The largest absolute Gasteiger partial charge is 0.0619 e. The third-order valence-corrected chi connectivity index (χ3v) is 13.3. The average Bonchev–Trinajstić information content (AvgIpc) is 3.52. The molecule has 0 bridgehead atoms. The van der Waals surface area contributed by atoms with Gasteiger partial charge < -0.3 is 0 Å². The van der Waals surface area contributed by atoms with Crippen LogP contribution < -0.4 is 0 Å². The summed E-state index contributed by atoms with van der Waals surface area (Å²) in [6.07, 6.45) is 0. The van der Waals surface area contributed by atoms with Crippen LogP contribution in [0.25, 0.3) is 109 Å². The van der Waals surface area contributed by atoms with Crippen LogP contribution in [-0.4, -0.2) is 0 Å². The van der Waals surface area contributed by atoms with E-state index in [-0.39, 0.29) is 5.41 Å². The van der Waals surface area contributed by atoms with Crippen LogP contribution in [0.2, 0.25) is 0 Å². The fraction of sp³-hybridized carbons (Fsp3) is 0.0508. The van der Waals surface area contributed by atoms with E-state index in [0.29, 0.717) is 0 Å². The van der Waals surface area contributed by atoms with Crippen molar-refractivity contribution in [2.75, 3.05) is 0 Å². The molecule has 0 spiro atoms. The van der Waals surface area contributed by atoms with Crippen molar-refractivity contribution in [2.24, 2.45) is 0 Å². The maximum atomic E-state index is 2.47. The number of benzene rings is 11. The summed E-state index contributed by atoms with van der Waals surface area (Å²) in [6.45, 7) is 4.73. The molecule has 11 aromatic carbocycles. The van der Waals surface area contributed by atoms with Gasteiger partial charge >= 0.3 is 0 Å². The highest BCUT2D eigenvalue weighted by Gasteiger charge is 2.35. The van der Waals surface area contributed by atoms with Crippen LogP contribution in [0.3, 0.4) is 0 Å². The Bertz CT molecular complexity index is 3520. The molecule has 0 unspecified atom stereocenters. The molecule has 0 aromatic heterocycles. The fourth-order valence-corrected chi connectivity index (χ4v) is 10.4. The van der Waals surface area contributed by atoms with E-state index in [1.807, 2.05) is 0 Å². The molecule has 0 nitrogen and oxygen atoms in total. The minimum atomic E-state index is -0.0555. The van der Waals surface area contributed by atoms with Gasteiger partial charge in [-0.3, -0.25) is 0 Å². The second-order valence-corrected chi connectivity index (χ2v) is 16.8. The molecule has 0 heterocycles. The summed E-state index contributed by atoms with van der Waals surface area (Å²) in [7, 11) is 0. The van der Waals surface area contributed by atoms with E-state index >= 15 is 0 Å². The standard InChI is InChI=1S/C59H40/c1-59(2)55-25-12-11-21-48(55)53-36-42(29-33-56(53)59)57-49-22-9-10-23-50(49)58(52-30-28-41(35-54(52)57)44-24-13-17-38-15-5-6-18-43(38)44)51-32-31-45(46-19-7-8-20-47(46)51)40-27-26-37-14-3-4-16-39(37)34-40/h3-36H,1-2H3. The van der Waals surface area contributed by atoms with Gasteiger partial charge in [0.05, 0.1) is 0 Å². The van der Waals surface area contributed by atoms with Gasteiger partial charge in [-0.15, -0.1) is 0 Å². The molecule has 276 valence electrons. The molecule has 0 N–H and O–H groups in total. The highest BCUT2D eigenvalue weighted by atomic mass is 14.4. The summed E-state index contributed by atoms with van der Waals surface area (Å²) in [5, 5.41) is 12.6. The van der Waals surface area contributed by atoms with Gasteiger partial charge in [-0.2, -0.15) is 0 Å². The lowest BCUT2D eigenvalue weighted by Gasteiger charge is -2.22. The Balaban J connectivity index is 1.17. The van der Waals surface area contributed by atoms with Crippen LogP contribution in [0.1, 0.15) is 25.0 Å². The lowest BCUT2D eigenvalue weighted by atomic mass is 9.81. The van der Waals surface area contributed by atoms with Crippen molar-refractivity contribution >= 4 is 53.9 Å². The minimum absolute atomic E-state index is 0.0555. The van der Waals surface area contributed by atoms with Crippen LogP contribution in [0.5, 0.6) is 0 Å². The summed E-state index contributed by atoms with van der Waals surface area (Å²) in [5.74, 6) is 0. The third-order valence-electron chi connectivity index (χ3n) is 13.3. The first-order chi connectivity index (χ1) is 29.0. The van der Waals surface area contributed by atoms with Crippen molar-refractivity contribution in [3.8, 4) is 55.6 Å². The molecule has 0 heteroatoms. The zero-order valence-electron chi connectivity index (χ0n) is 33.1. The van der Waals surface area contributed by atoms with Crippen LogP contribution in [0, 0.1) is 0 Å². The van der Waals surface area contributed by atoms with E-state index in [1.54, 1.807) is 0 Å². The van der Waals surface area contributed by atoms with Gasteiger partial charge in [-0.05, 0) is 139 Å². The molecule has 0 saturated heterocycles. The molecule has 11 aromatic rings. The molecular weight excluding hydrogens is 709 g/mol. The first kappa shape index (κ1) is 33.8. The molecular formula is C59H40. The van der Waals surface area contributed by atoms with Gasteiger partial charge in [0.1, 0.15) is 0 Å². The molecule has 0 fully saturated rings. The summed E-state index contributed by atoms with van der Waals surface area (Å²) in [5.41, 5.74) is 15.4. The molecule has 0 aliphatic heterocycles. The molecule has 0 radical (unpaired) electrons. The van der Waals surface area contributed by atoms with E-state index in [1.165, 1.54) is 121 Å². The van der Waals surface area contributed by atoms with Crippen LogP contribution in [0.15, 0.2) is 206 Å². The molecule has 59 heavy (non-hydrogen) atoms. The Hall–Kier alpha value is -7.28. The second-order valence-electron chi connectivity index (χ2n) is 16.8. The van der Waals surface area contributed by atoms with Crippen molar-refractivity contribution in [2.45, 2.75) is 19.3 Å². The zero-order valence-corrected chi connectivity index (χ0v) is 33.1. The topological polar surface area (TPSA) is 0 Å². The van der Waals surface area contributed by atoms with Gasteiger partial charge in [0, 0.05) is 5.41 Å². The van der Waals surface area contributed by atoms with E-state index in [4.69, 9.17) is 0 Å². The number of fused-ring (bicyclic) bond motifs is 8. The van der Waals surface area contributed by atoms with Crippen molar-refractivity contribution in [1.82, 2.24) is 0 Å². The smallest absolute Gasteiger partial charge is 0.0158 e. The molecule has 0 saturated carbocycles. The van der Waals surface area contributed by atoms with Crippen molar-refractivity contribution < 1.29 is 0 Å². The van der Waals surface area contributed by atoms with E-state index in [0.717, 1.165) is 0 Å². The van der Waals surface area contributed by atoms with Gasteiger partial charge in [0.25, 0.3) is 0 Å². The van der Waals surface area contributed by atoms with Crippen molar-refractivity contribution in [3.05, 3.63) is 217 Å². The first-order valence-corrected chi connectivity index (χ1v) is 20.8. The normalized spacial score (nSPS) is 13.1. The quantitative estimate of drug-likeness (QED) is 0.157. The SMILES string of the molecule is CC1(C)c2ccccc2-c2cc(-c3c4ccccc4c(-c4ccc(-c5ccc6ccccc6c5)c5ccccc45)c4ccc(-c5cccc6ccccc56)cc34)ccc21. The minimum Gasteiger partial charge on any atom is -0.0619 e. The summed E-state index contributed by atoms with van der Waals surface area (Å²) >= 11 is 0. The Morgan fingerprint density at radius 3 is 1.61 bits per heavy atom.